The van der Waals surface area contributed by atoms with E-state index < -0.39 is 10.0 Å². The van der Waals surface area contributed by atoms with Crippen molar-refractivity contribution in [3.63, 3.8) is 0 Å². The van der Waals surface area contributed by atoms with Gasteiger partial charge < -0.3 is 14.4 Å². The minimum atomic E-state index is -3.63. The highest BCUT2D eigenvalue weighted by Gasteiger charge is 2.41. The van der Waals surface area contributed by atoms with Crippen molar-refractivity contribution in [2.24, 2.45) is 17.8 Å². The SMILES string of the molecule is O=C(C[C@@H]1C[C@H]2CC[C@H]1C2)N1CCN(S(=O)(=O)c2ccc3c(c2)OCCCO3)CC1. The van der Waals surface area contributed by atoms with Gasteiger partial charge in [-0.15, -0.1) is 0 Å². The van der Waals surface area contributed by atoms with Crippen LogP contribution < -0.4 is 9.47 Å². The Kier molecular flexibility index (Phi) is 5.39. The van der Waals surface area contributed by atoms with E-state index in [-0.39, 0.29) is 10.8 Å². The van der Waals surface area contributed by atoms with Gasteiger partial charge in [-0.25, -0.2) is 8.42 Å². The summed E-state index contributed by atoms with van der Waals surface area (Å²) >= 11 is 0. The highest BCUT2D eigenvalue weighted by atomic mass is 32.2. The Balaban J connectivity index is 1.20. The Labute approximate surface area is 178 Å². The molecule has 30 heavy (non-hydrogen) atoms. The zero-order valence-corrected chi connectivity index (χ0v) is 18.1. The number of nitrogens with zero attached hydrogens (tertiary/aromatic N) is 2. The highest BCUT2D eigenvalue weighted by Crippen LogP contribution is 2.49. The lowest BCUT2D eigenvalue weighted by molar-refractivity contribution is -0.133. The normalized spacial score (nSPS) is 29.1. The zero-order chi connectivity index (χ0) is 20.7. The summed E-state index contributed by atoms with van der Waals surface area (Å²) in [6, 6.07) is 4.81. The Morgan fingerprint density at radius 3 is 2.47 bits per heavy atom. The van der Waals surface area contributed by atoms with Crippen molar-refractivity contribution in [3.05, 3.63) is 18.2 Å². The van der Waals surface area contributed by atoms with Crippen LogP contribution in [0.3, 0.4) is 0 Å². The van der Waals surface area contributed by atoms with E-state index >= 15 is 0 Å². The number of carbonyl (C=O) groups excluding carboxylic acids is 1. The number of amides is 1. The van der Waals surface area contributed by atoms with E-state index in [1.165, 1.54) is 30.0 Å². The first-order valence-corrected chi connectivity index (χ1v) is 12.6. The minimum absolute atomic E-state index is 0.195. The van der Waals surface area contributed by atoms with E-state index in [4.69, 9.17) is 9.47 Å². The Bertz CT molecular complexity index is 910. The summed E-state index contributed by atoms with van der Waals surface area (Å²) in [7, 11) is -3.63. The van der Waals surface area contributed by atoms with Crippen LogP contribution in [0.4, 0.5) is 0 Å². The molecule has 164 valence electrons. The molecule has 1 aromatic rings. The van der Waals surface area contributed by atoms with Crippen LogP contribution >= 0.6 is 0 Å². The van der Waals surface area contributed by atoms with E-state index in [1.54, 1.807) is 18.2 Å². The van der Waals surface area contributed by atoms with Gasteiger partial charge in [0.25, 0.3) is 0 Å². The lowest BCUT2D eigenvalue weighted by atomic mass is 9.86. The molecule has 5 rings (SSSR count). The Hall–Kier alpha value is -1.80. The second kappa shape index (κ2) is 8.04. The monoisotopic (exact) mass is 434 g/mol. The second-order valence-corrected chi connectivity index (χ2v) is 11.0. The molecule has 0 unspecified atom stereocenters. The molecule has 0 spiro atoms. The molecule has 0 radical (unpaired) electrons. The quantitative estimate of drug-likeness (QED) is 0.728. The Morgan fingerprint density at radius 1 is 1.00 bits per heavy atom. The number of benzene rings is 1. The van der Waals surface area contributed by atoms with Crippen LogP contribution in [0.5, 0.6) is 11.5 Å². The third-order valence-corrected chi connectivity index (χ3v) is 9.16. The third-order valence-electron chi connectivity index (χ3n) is 7.27. The number of ether oxygens (including phenoxy) is 2. The molecule has 2 aliphatic carbocycles. The summed E-state index contributed by atoms with van der Waals surface area (Å²) in [6.45, 7) is 2.67. The predicted octanol–water partition coefficient (Wildman–Crippen LogP) is 2.51. The maximum absolute atomic E-state index is 13.1. The van der Waals surface area contributed by atoms with Crippen molar-refractivity contribution in [3.8, 4) is 11.5 Å². The summed E-state index contributed by atoms with van der Waals surface area (Å²) in [5.74, 6) is 3.38. The molecule has 2 bridgehead atoms. The largest absolute Gasteiger partial charge is 0.490 e. The first-order valence-electron chi connectivity index (χ1n) is 11.2. The number of sulfonamides is 1. The molecule has 7 nitrogen and oxygen atoms in total. The fraction of sp³-hybridized carbons (Fsp3) is 0.682. The van der Waals surface area contributed by atoms with E-state index in [1.807, 2.05) is 4.90 Å². The second-order valence-electron chi connectivity index (χ2n) is 9.08. The summed E-state index contributed by atoms with van der Waals surface area (Å²) in [6.07, 6.45) is 6.54. The van der Waals surface area contributed by atoms with E-state index in [2.05, 4.69) is 0 Å². The van der Waals surface area contributed by atoms with Gasteiger partial charge in [0.2, 0.25) is 15.9 Å². The molecule has 4 aliphatic rings. The van der Waals surface area contributed by atoms with Crippen LogP contribution in [0.25, 0.3) is 0 Å². The van der Waals surface area contributed by atoms with Gasteiger partial charge in [0.15, 0.2) is 11.5 Å². The topological polar surface area (TPSA) is 76.2 Å². The molecular formula is C22H30N2O5S. The molecule has 8 heteroatoms. The van der Waals surface area contributed by atoms with Crippen molar-refractivity contribution in [2.45, 2.75) is 43.4 Å². The Morgan fingerprint density at radius 2 is 1.77 bits per heavy atom. The molecule has 1 aromatic carbocycles. The zero-order valence-electron chi connectivity index (χ0n) is 17.3. The number of hydrogen-bond donors (Lipinski definition) is 0. The van der Waals surface area contributed by atoms with Crippen LogP contribution in [-0.2, 0) is 14.8 Å². The van der Waals surface area contributed by atoms with Gasteiger partial charge in [0, 0.05) is 45.1 Å². The molecular weight excluding hydrogens is 404 g/mol. The van der Waals surface area contributed by atoms with Crippen molar-refractivity contribution in [1.29, 1.82) is 0 Å². The van der Waals surface area contributed by atoms with Crippen molar-refractivity contribution in [1.82, 2.24) is 9.21 Å². The number of piperazine rings is 1. The number of fused-ring (bicyclic) bond motifs is 3. The standard InChI is InChI=1S/C22H30N2O5S/c25-22(14-18-13-16-2-3-17(18)12-16)23-6-8-24(9-7-23)30(26,27)19-4-5-20-21(15-19)29-11-1-10-28-20/h4-5,15-18H,1-3,6-14H2/t16-,17-,18-/m0/s1. The molecule has 0 aromatic heterocycles. The average molecular weight is 435 g/mol. The van der Waals surface area contributed by atoms with Crippen molar-refractivity contribution < 1.29 is 22.7 Å². The van der Waals surface area contributed by atoms with Crippen molar-refractivity contribution >= 4 is 15.9 Å². The van der Waals surface area contributed by atoms with Gasteiger partial charge in [-0.2, -0.15) is 4.31 Å². The maximum Gasteiger partial charge on any atom is 0.243 e. The van der Waals surface area contributed by atoms with Gasteiger partial charge in [-0.05, 0) is 49.1 Å². The van der Waals surface area contributed by atoms with E-state index in [0.29, 0.717) is 63.2 Å². The third kappa shape index (κ3) is 3.80. The van der Waals surface area contributed by atoms with Crippen LogP contribution in [0.1, 0.15) is 38.5 Å². The first-order chi connectivity index (χ1) is 14.5. The number of hydrogen-bond acceptors (Lipinski definition) is 5. The first kappa shape index (κ1) is 20.1. The minimum Gasteiger partial charge on any atom is -0.490 e. The van der Waals surface area contributed by atoms with E-state index in [0.717, 1.165) is 18.3 Å². The fourth-order valence-corrected chi connectivity index (χ4v) is 7.05. The fourth-order valence-electron chi connectivity index (χ4n) is 5.61. The summed E-state index contributed by atoms with van der Waals surface area (Å²) in [5.41, 5.74) is 0. The molecule has 2 saturated carbocycles. The highest BCUT2D eigenvalue weighted by molar-refractivity contribution is 7.89. The predicted molar refractivity (Wildman–Crippen MR) is 111 cm³/mol. The van der Waals surface area contributed by atoms with Gasteiger partial charge in [0.05, 0.1) is 18.1 Å². The molecule has 1 amide bonds. The van der Waals surface area contributed by atoms with Gasteiger partial charge in [0.1, 0.15) is 0 Å². The lowest BCUT2D eigenvalue weighted by Gasteiger charge is -2.35. The maximum atomic E-state index is 13.1. The van der Waals surface area contributed by atoms with Crippen LogP contribution in [0.15, 0.2) is 23.1 Å². The molecule has 3 fully saturated rings. The van der Waals surface area contributed by atoms with E-state index in [9.17, 15) is 13.2 Å². The number of carbonyl (C=O) groups is 1. The van der Waals surface area contributed by atoms with Gasteiger partial charge in [-0.3, -0.25) is 4.79 Å². The van der Waals surface area contributed by atoms with Crippen LogP contribution in [0.2, 0.25) is 0 Å². The molecule has 0 N–H and O–H groups in total. The van der Waals surface area contributed by atoms with Gasteiger partial charge in [-0.1, -0.05) is 6.42 Å². The van der Waals surface area contributed by atoms with Gasteiger partial charge >= 0.3 is 0 Å². The summed E-state index contributed by atoms with van der Waals surface area (Å²) < 4.78 is 39.0. The average Bonchev–Trinajstić information content (AvgIpc) is 3.29. The number of rotatable bonds is 4. The molecule has 2 heterocycles. The van der Waals surface area contributed by atoms with Crippen molar-refractivity contribution in [2.75, 3.05) is 39.4 Å². The van der Waals surface area contributed by atoms with Crippen LogP contribution in [-0.4, -0.2) is 62.9 Å². The summed E-state index contributed by atoms with van der Waals surface area (Å²) in [5, 5.41) is 0. The van der Waals surface area contributed by atoms with Crippen LogP contribution in [0, 0.1) is 17.8 Å². The lowest BCUT2D eigenvalue weighted by Crippen LogP contribution is -2.50. The smallest absolute Gasteiger partial charge is 0.243 e. The molecule has 2 aliphatic heterocycles. The molecule has 3 atom stereocenters. The molecule has 1 saturated heterocycles. The summed E-state index contributed by atoms with van der Waals surface area (Å²) in [4.78, 5) is 14.8.